The first kappa shape index (κ1) is 18.1. The lowest BCUT2D eigenvalue weighted by atomic mass is 9.97. The number of carbonyl (C=O) groups is 2. The lowest BCUT2D eigenvalue weighted by Gasteiger charge is -2.13. The van der Waals surface area contributed by atoms with Crippen molar-refractivity contribution in [2.45, 2.75) is 38.7 Å². The fourth-order valence-electron chi connectivity index (χ4n) is 3.23. The van der Waals surface area contributed by atoms with Crippen LogP contribution in [0.2, 0.25) is 0 Å². The molecule has 0 aliphatic carbocycles. The number of fused-ring (bicyclic) bond motifs is 1. The molecule has 1 atom stereocenters. The standard InChI is InChI=1S/C19H21FN2O4/c1-3-4-5-9-15-16(17(19(24)26-15)18(23)22-25-2)14-10-11-12(20)7-6-8-13(11)21-14/h6-8,10,15,21H,3-5,9H2,1-2H3,(H,22,23). The Labute approximate surface area is 150 Å². The van der Waals surface area contributed by atoms with Gasteiger partial charge in [0.15, 0.2) is 0 Å². The third-order valence-corrected chi connectivity index (χ3v) is 4.44. The summed E-state index contributed by atoms with van der Waals surface area (Å²) in [6.07, 6.45) is 2.90. The number of cyclic esters (lactones) is 1. The van der Waals surface area contributed by atoms with Crippen LogP contribution < -0.4 is 5.48 Å². The van der Waals surface area contributed by atoms with Crippen LogP contribution in [0.15, 0.2) is 29.8 Å². The van der Waals surface area contributed by atoms with Crippen LogP contribution in [-0.2, 0) is 19.2 Å². The monoisotopic (exact) mass is 360 g/mol. The number of carbonyl (C=O) groups excluding carboxylic acids is 2. The summed E-state index contributed by atoms with van der Waals surface area (Å²) >= 11 is 0. The zero-order valence-electron chi connectivity index (χ0n) is 14.7. The number of aromatic nitrogens is 1. The van der Waals surface area contributed by atoms with Crippen LogP contribution in [-0.4, -0.2) is 30.1 Å². The number of ether oxygens (including phenoxy) is 1. The number of amides is 1. The molecule has 0 radical (unpaired) electrons. The molecule has 1 aromatic heterocycles. The normalized spacial score (nSPS) is 17.0. The second-order valence-electron chi connectivity index (χ2n) is 6.20. The molecule has 2 N–H and O–H groups in total. The molecule has 3 rings (SSSR count). The van der Waals surface area contributed by atoms with Gasteiger partial charge >= 0.3 is 5.97 Å². The number of aromatic amines is 1. The summed E-state index contributed by atoms with van der Waals surface area (Å²) in [5.74, 6) is -1.75. The predicted molar refractivity (Wildman–Crippen MR) is 94.4 cm³/mol. The van der Waals surface area contributed by atoms with Gasteiger partial charge < -0.3 is 9.72 Å². The molecule has 0 fully saturated rings. The predicted octanol–water partition coefficient (Wildman–Crippen LogP) is 3.24. The van der Waals surface area contributed by atoms with E-state index in [-0.39, 0.29) is 11.4 Å². The first-order valence-electron chi connectivity index (χ1n) is 8.62. The van der Waals surface area contributed by atoms with Crippen molar-refractivity contribution in [3.63, 3.8) is 0 Å². The number of unbranched alkanes of at least 4 members (excludes halogenated alkanes) is 2. The number of benzene rings is 1. The molecule has 1 aliphatic rings. The summed E-state index contributed by atoms with van der Waals surface area (Å²) in [6, 6.07) is 6.30. The van der Waals surface area contributed by atoms with Gasteiger partial charge in [-0.2, -0.15) is 0 Å². The number of hydrogen-bond acceptors (Lipinski definition) is 4. The highest BCUT2D eigenvalue weighted by Gasteiger charge is 2.39. The first-order valence-corrected chi connectivity index (χ1v) is 8.62. The molecule has 1 amide bonds. The Balaban J connectivity index is 2.08. The molecule has 0 spiro atoms. The van der Waals surface area contributed by atoms with Gasteiger partial charge in [0.1, 0.15) is 17.5 Å². The van der Waals surface area contributed by atoms with E-state index in [1.54, 1.807) is 18.2 Å². The van der Waals surface area contributed by atoms with Crippen molar-refractivity contribution in [1.29, 1.82) is 0 Å². The molecule has 1 unspecified atom stereocenters. The van der Waals surface area contributed by atoms with Gasteiger partial charge in [-0.3, -0.25) is 9.63 Å². The van der Waals surface area contributed by atoms with E-state index in [1.165, 1.54) is 13.2 Å². The Kier molecular flexibility index (Phi) is 5.37. The van der Waals surface area contributed by atoms with Crippen molar-refractivity contribution in [3.05, 3.63) is 41.3 Å². The quantitative estimate of drug-likeness (QED) is 0.344. The van der Waals surface area contributed by atoms with Gasteiger partial charge in [0.25, 0.3) is 5.91 Å². The Morgan fingerprint density at radius 3 is 2.88 bits per heavy atom. The summed E-state index contributed by atoms with van der Waals surface area (Å²) in [5.41, 5.74) is 3.58. The van der Waals surface area contributed by atoms with Gasteiger partial charge in [0.05, 0.1) is 7.11 Å². The van der Waals surface area contributed by atoms with Gasteiger partial charge in [-0.05, 0) is 31.0 Å². The lowest BCUT2D eigenvalue weighted by molar-refractivity contribution is -0.142. The second-order valence-corrected chi connectivity index (χ2v) is 6.20. The maximum absolute atomic E-state index is 14.1. The minimum atomic E-state index is -0.699. The van der Waals surface area contributed by atoms with Gasteiger partial charge in [0.2, 0.25) is 0 Å². The van der Waals surface area contributed by atoms with E-state index in [1.807, 2.05) is 0 Å². The number of hydroxylamine groups is 1. The van der Waals surface area contributed by atoms with Crippen LogP contribution in [0, 0.1) is 5.82 Å². The van der Waals surface area contributed by atoms with Crippen molar-refractivity contribution in [2.24, 2.45) is 0 Å². The first-order chi connectivity index (χ1) is 12.6. The van der Waals surface area contributed by atoms with Crippen LogP contribution in [0.1, 0.15) is 38.3 Å². The highest BCUT2D eigenvalue weighted by Crippen LogP contribution is 2.36. The maximum Gasteiger partial charge on any atom is 0.344 e. The fourth-order valence-corrected chi connectivity index (χ4v) is 3.23. The van der Waals surface area contributed by atoms with Crippen LogP contribution in [0.5, 0.6) is 0 Å². The molecular formula is C19H21FN2O4. The largest absolute Gasteiger partial charge is 0.454 e. The van der Waals surface area contributed by atoms with E-state index in [2.05, 4.69) is 22.2 Å². The molecule has 2 heterocycles. The van der Waals surface area contributed by atoms with Crippen molar-refractivity contribution in [3.8, 4) is 0 Å². The van der Waals surface area contributed by atoms with Crippen molar-refractivity contribution in [2.75, 3.05) is 7.11 Å². The molecule has 1 aliphatic heterocycles. The smallest absolute Gasteiger partial charge is 0.344 e. The Morgan fingerprint density at radius 2 is 2.19 bits per heavy atom. The Morgan fingerprint density at radius 1 is 1.38 bits per heavy atom. The van der Waals surface area contributed by atoms with Gasteiger partial charge in [-0.1, -0.05) is 25.8 Å². The Bertz CT molecular complexity index is 872. The number of hydrogen-bond donors (Lipinski definition) is 2. The molecule has 6 nitrogen and oxygen atoms in total. The van der Waals surface area contributed by atoms with Gasteiger partial charge in [-0.15, -0.1) is 0 Å². The third-order valence-electron chi connectivity index (χ3n) is 4.44. The van der Waals surface area contributed by atoms with E-state index in [4.69, 9.17) is 4.74 Å². The van der Waals surface area contributed by atoms with E-state index in [9.17, 15) is 14.0 Å². The minimum Gasteiger partial charge on any atom is -0.454 e. The van der Waals surface area contributed by atoms with Crippen molar-refractivity contribution >= 4 is 28.4 Å². The van der Waals surface area contributed by atoms with E-state index in [0.29, 0.717) is 28.6 Å². The molecule has 26 heavy (non-hydrogen) atoms. The van der Waals surface area contributed by atoms with E-state index < -0.39 is 18.0 Å². The molecule has 1 aromatic carbocycles. The molecule has 0 saturated heterocycles. The average molecular weight is 360 g/mol. The summed E-state index contributed by atoms with van der Waals surface area (Å²) in [7, 11) is 1.29. The van der Waals surface area contributed by atoms with Gasteiger partial charge in [-0.25, -0.2) is 14.7 Å². The zero-order chi connectivity index (χ0) is 18.7. The zero-order valence-corrected chi connectivity index (χ0v) is 14.7. The minimum absolute atomic E-state index is 0.111. The second kappa shape index (κ2) is 7.70. The molecule has 138 valence electrons. The number of rotatable bonds is 7. The van der Waals surface area contributed by atoms with Crippen LogP contribution in [0.25, 0.3) is 16.5 Å². The number of nitrogens with one attached hydrogen (secondary N) is 2. The summed E-state index contributed by atoms with van der Waals surface area (Å²) < 4.78 is 19.5. The van der Waals surface area contributed by atoms with Crippen LogP contribution in [0.3, 0.4) is 0 Å². The van der Waals surface area contributed by atoms with Gasteiger partial charge in [0, 0.05) is 22.2 Å². The molecule has 2 aromatic rings. The van der Waals surface area contributed by atoms with Crippen LogP contribution >= 0.6 is 0 Å². The van der Waals surface area contributed by atoms with E-state index in [0.717, 1.165) is 19.3 Å². The third kappa shape index (κ3) is 3.35. The lowest BCUT2D eigenvalue weighted by Crippen LogP contribution is -2.26. The average Bonchev–Trinajstić information content (AvgIpc) is 3.17. The van der Waals surface area contributed by atoms with E-state index >= 15 is 0 Å². The van der Waals surface area contributed by atoms with Crippen molar-refractivity contribution in [1.82, 2.24) is 10.5 Å². The maximum atomic E-state index is 14.1. The SMILES string of the molecule is CCCCCC1OC(=O)C(C(=O)NOC)=C1c1cc2c(F)cccc2[nH]1. The molecule has 0 saturated carbocycles. The molecular weight excluding hydrogens is 339 g/mol. The number of halogens is 1. The number of H-pyrrole nitrogens is 1. The topological polar surface area (TPSA) is 80.4 Å². The fraction of sp³-hybridized carbons (Fsp3) is 0.368. The van der Waals surface area contributed by atoms with Crippen LogP contribution in [0.4, 0.5) is 4.39 Å². The molecule has 0 bridgehead atoms. The molecule has 7 heteroatoms. The van der Waals surface area contributed by atoms with Crippen molar-refractivity contribution < 1.29 is 23.6 Å². The summed E-state index contributed by atoms with van der Waals surface area (Å²) in [5, 5.41) is 0.396. The summed E-state index contributed by atoms with van der Waals surface area (Å²) in [4.78, 5) is 32.4. The highest BCUT2D eigenvalue weighted by atomic mass is 19.1. The summed E-state index contributed by atoms with van der Waals surface area (Å²) in [6.45, 7) is 2.08. The number of esters is 1. The highest BCUT2D eigenvalue weighted by molar-refractivity contribution is 6.24. The Hall–Kier alpha value is -2.67.